The summed E-state index contributed by atoms with van der Waals surface area (Å²) in [6.45, 7) is 0. The maximum absolute atomic E-state index is 13.7. The molecule has 2 heterocycles. The minimum atomic E-state index is -2.70. The van der Waals surface area contributed by atoms with Crippen LogP contribution in [0, 0.1) is 11.7 Å². The summed E-state index contributed by atoms with van der Waals surface area (Å²) in [6.07, 6.45) is 3.86. The summed E-state index contributed by atoms with van der Waals surface area (Å²) in [5.41, 5.74) is 6.73. The van der Waals surface area contributed by atoms with E-state index in [1.807, 2.05) is 4.57 Å². The molecule has 5 rings (SSSR count). The molecule has 1 atom stereocenters. The van der Waals surface area contributed by atoms with E-state index in [0.717, 1.165) is 12.1 Å². The van der Waals surface area contributed by atoms with E-state index >= 15 is 0 Å². The van der Waals surface area contributed by atoms with Crippen LogP contribution in [0.1, 0.15) is 51.0 Å². The van der Waals surface area contributed by atoms with Crippen LogP contribution in [0.2, 0.25) is 10.0 Å². The monoisotopic (exact) mass is 541 g/mol. The van der Waals surface area contributed by atoms with Crippen LogP contribution in [0.3, 0.4) is 0 Å². The van der Waals surface area contributed by atoms with Gasteiger partial charge in [0.05, 0.1) is 21.9 Å². The summed E-state index contributed by atoms with van der Waals surface area (Å²) in [7, 11) is 0. The Balaban J connectivity index is 1.52. The average molecular weight is 542 g/mol. The van der Waals surface area contributed by atoms with E-state index in [4.69, 9.17) is 28.9 Å². The van der Waals surface area contributed by atoms with Gasteiger partial charge in [-0.05, 0) is 44.2 Å². The Labute approximate surface area is 214 Å². The van der Waals surface area contributed by atoms with Gasteiger partial charge in [0.1, 0.15) is 11.3 Å². The molecule has 2 saturated carbocycles. The number of imidazole rings is 1. The van der Waals surface area contributed by atoms with Gasteiger partial charge in [0.2, 0.25) is 23.7 Å². The van der Waals surface area contributed by atoms with Crippen LogP contribution in [-0.2, 0) is 4.79 Å². The van der Waals surface area contributed by atoms with E-state index in [1.54, 1.807) is 0 Å². The third-order valence-corrected chi connectivity index (χ3v) is 7.47. The van der Waals surface area contributed by atoms with Gasteiger partial charge < -0.3 is 16.4 Å². The van der Waals surface area contributed by atoms with E-state index in [1.165, 1.54) is 6.20 Å². The zero-order valence-corrected chi connectivity index (χ0v) is 20.6. The standard InChI is InChI=1S/C23H24Cl2F3N7O/c24-15-7-12(26)8-16(25)18(15)33-22-32-17-10-30-21(31-13-5-6-23(27,28)9-13)34-20(17)35(22)14-3-1-11(2-4-14)19(29)36/h7-8,10-11,13-14H,1-6,9H2,(H2,29,36)(H,32,33)(H,30,31,34)/t11-,13-,14+/m1/s1. The third kappa shape index (κ3) is 5.04. The maximum atomic E-state index is 13.7. The van der Waals surface area contributed by atoms with Crippen LogP contribution in [0.15, 0.2) is 18.3 Å². The minimum Gasteiger partial charge on any atom is -0.369 e. The highest BCUT2D eigenvalue weighted by molar-refractivity contribution is 6.39. The molecule has 2 fully saturated rings. The summed E-state index contributed by atoms with van der Waals surface area (Å²) in [4.78, 5) is 25.2. The van der Waals surface area contributed by atoms with Gasteiger partial charge in [-0.1, -0.05) is 23.2 Å². The molecule has 192 valence electrons. The van der Waals surface area contributed by atoms with Gasteiger partial charge in [0.15, 0.2) is 5.65 Å². The average Bonchev–Trinajstić information content (AvgIpc) is 3.34. The van der Waals surface area contributed by atoms with Crippen LogP contribution >= 0.6 is 23.2 Å². The van der Waals surface area contributed by atoms with E-state index in [9.17, 15) is 18.0 Å². The molecule has 36 heavy (non-hydrogen) atoms. The largest absolute Gasteiger partial charge is 0.369 e. The molecule has 1 amide bonds. The Kier molecular flexibility index (Phi) is 6.63. The number of alkyl halides is 2. The molecule has 0 spiro atoms. The first-order valence-electron chi connectivity index (χ1n) is 11.7. The SMILES string of the molecule is NC(=O)[C@H]1CC[C@@H](n2c(Nc3c(Cl)cc(F)cc3Cl)nc3cnc(N[C@@H]4CCC(F)(F)C4)nc32)CC1. The van der Waals surface area contributed by atoms with E-state index < -0.39 is 17.8 Å². The molecular formula is C23H24Cl2F3N7O. The predicted molar refractivity (Wildman–Crippen MR) is 131 cm³/mol. The number of nitrogens with zero attached hydrogens (tertiary/aromatic N) is 4. The van der Waals surface area contributed by atoms with Crippen molar-refractivity contribution in [3.63, 3.8) is 0 Å². The predicted octanol–water partition coefficient (Wildman–Crippen LogP) is 5.83. The Bertz CT molecular complexity index is 1290. The number of hydrogen-bond acceptors (Lipinski definition) is 6. The lowest BCUT2D eigenvalue weighted by atomic mass is 9.85. The summed E-state index contributed by atoms with van der Waals surface area (Å²) in [5.74, 6) is -3.22. The zero-order valence-electron chi connectivity index (χ0n) is 19.1. The van der Waals surface area contributed by atoms with Crippen molar-refractivity contribution in [3.8, 4) is 0 Å². The fraction of sp³-hybridized carbons (Fsp3) is 0.478. The molecule has 0 aliphatic heterocycles. The van der Waals surface area contributed by atoms with Crippen molar-refractivity contribution < 1.29 is 18.0 Å². The number of nitrogens with two attached hydrogens (primary N) is 1. The topological polar surface area (TPSA) is 111 Å². The number of fused-ring (bicyclic) bond motifs is 1. The number of anilines is 3. The van der Waals surface area contributed by atoms with Crippen molar-refractivity contribution in [1.29, 1.82) is 0 Å². The highest BCUT2D eigenvalue weighted by Gasteiger charge is 2.39. The second kappa shape index (κ2) is 9.59. The molecule has 3 aromatic rings. The number of carbonyl (C=O) groups excluding carboxylic acids is 1. The first-order valence-corrected chi connectivity index (χ1v) is 12.5. The van der Waals surface area contributed by atoms with Crippen LogP contribution in [0.25, 0.3) is 11.2 Å². The van der Waals surface area contributed by atoms with Crippen molar-refractivity contribution >= 4 is 57.9 Å². The lowest BCUT2D eigenvalue weighted by molar-refractivity contribution is -0.122. The second-order valence-electron chi connectivity index (χ2n) is 9.43. The Morgan fingerprint density at radius 3 is 2.42 bits per heavy atom. The maximum Gasteiger partial charge on any atom is 0.250 e. The van der Waals surface area contributed by atoms with E-state index in [0.29, 0.717) is 49.2 Å². The van der Waals surface area contributed by atoms with Gasteiger partial charge >= 0.3 is 0 Å². The van der Waals surface area contributed by atoms with Gasteiger partial charge in [-0.3, -0.25) is 9.36 Å². The van der Waals surface area contributed by atoms with E-state index in [-0.39, 0.29) is 52.4 Å². The molecule has 2 aliphatic carbocycles. The van der Waals surface area contributed by atoms with Crippen LogP contribution in [-0.4, -0.2) is 37.4 Å². The molecule has 13 heteroatoms. The fourth-order valence-corrected chi connectivity index (χ4v) is 5.60. The molecular weight excluding hydrogens is 518 g/mol. The van der Waals surface area contributed by atoms with Crippen LogP contribution < -0.4 is 16.4 Å². The number of amides is 1. The number of carbonyl (C=O) groups is 1. The molecule has 8 nitrogen and oxygen atoms in total. The molecule has 2 aliphatic rings. The molecule has 0 unspecified atom stereocenters. The smallest absolute Gasteiger partial charge is 0.250 e. The molecule has 1 aromatic carbocycles. The van der Waals surface area contributed by atoms with Crippen molar-refractivity contribution in [2.24, 2.45) is 11.7 Å². The fourth-order valence-electron chi connectivity index (χ4n) is 5.04. The molecule has 4 N–H and O–H groups in total. The van der Waals surface area contributed by atoms with Crippen molar-refractivity contribution in [2.45, 2.75) is 63.0 Å². The lowest BCUT2D eigenvalue weighted by Crippen LogP contribution is -2.29. The Morgan fingerprint density at radius 1 is 1.11 bits per heavy atom. The van der Waals surface area contributed by atoms with Gasteiger partial charge in [0, 0.05) is 30.8 Å². The number of benzene rings is 1. The summed E-state index contributed by atoms with van der Waals surface area (Å²) in [5, 5.41) is 6.27. The van der Waals surface area contributed by atoms with Gasteiger partial charge in [-0.15, -0.1) is 0 Å². The summed E-state index contributed by atoms with van der Waals surface area (Å²) < 4.78 is 42.9. The molecule has 0 saturated heterocycles. The zero-order chi connectivity index (χ0) is 25.6. The summed E-state index contributed by atoms with van der Waals surface area (Å²) >= 11 is 12.5. The van der Waals surface area contributed by atoms with E-state index in [2.05, 4.69) is 25.6 Å². The minimum absolute atomic E-state index is 0.0756. The van der Waals surface area contributed by atoms with Crippen molar-refractivity contribution in [1.82, 2.24) is 19.5 Å². The molecule has 0 radical (unpaired) electrons. The normalized spacial score (nSPS) is 23.6. The lowest BCUT2D eigenvalue weighted by Gasteiger charge is -2.29. The highest BCUT2D eigenvalue weighted by Crippen LogP contribution is 2.40. The third-order valence-electron chi connectivity index (χ3n) is 6.88. The second-order valence-corrected chi connectivity index (χ2v) is 10.2. The highest BCUT2D eigenvalue weighted by atomic mass is 35.5. The number of primary amides is 1. The van der Waals surface area contributed by atoms with Crippen molar-refractivity contribution in [2.75, 3.05) is 10.6 Å². The number of nitrogens with one attached hydrogen (secondary N) is 2. The van der Waals surface area contributed by atoms with Crippen molar-refractivity contribution in [3.05, 3.63) is 34.2 Å². The van der Waals surface area contributed by atoms with Crippen LogP contribution in [0.5, 0.6) is 0 Å². The van der Waals surface area contributed by atoms with Gasteiger partial charge in [0.25, 0.3) is 0 Å². The number of rotatable bonds is 6. The summed E-state index contributed by atoms with van der Waals surface area (Å²) in [6, 6.07) is 1.75. The number of halogens is 5. The Morgan fingerprint density at radius 2 is 1.81 bits per heavy atom. The number of hydrogen-bond donors (Lipinski definition) is 3. The van der Waals surface area contributed by atoms with Crippen LogP contribution in [0.4, 0.5) is 30.8 Å². The molecule has 0 bridgehead atoms. The first kappa shape index (κ1) is 24.9. The quantitative estimate of drug-likeness (QED) is 0.362. The van der Waals surface area contributed by atoms with Gasteiger partial charge in [-0.25, -0.2) is 23.1 Å². The first-order chi connectivity index (χ1) is 17.1. The number of aromatic nitrogens is 4. The van der Waals surface area contributed by atoms with Gasteiger partial charge in [-0.2, -0.15) is 4.98 Å². The molecule has 2 aromatic heterocycles. The Hall–Kier alpha value is -2.79.